The summed E-state index contributed by atoms with van der Waals surface area (Å²) in [5.74, 6) is -1.74. The third-order valence-corrected chi connectivity index (χ3v) is 5.24. The number of anilines is 1. The van der Waals surface area contributed by atoms with Crippen LogP contribution in [0.3, 0.4) is 0 Å². The minimum atomic E-state index is -1.17. The van der Waals surface area contributed by atoms with Crippen molar-refractivity contribution in [3.05, 3.63) is 18.2 Å². The highest BCUT2D eigenvalue weighted by atomic mass is 16.5. The van der Waals surface area contributed by atoms with Crippen LogP contribution < -0.4 is 24.6 Å². The number of urea groups is 1. The van der Waals surface area contributed by atoms with Gasteiger partial charge in [-0.1, -0.05) is 0 Å². The van der Waals surface area contributed by atoms with Crippen LogP contribution in [-0.4, -0.2) is 64.5 Å². The van der Waals surface area contributed by atoms with Gasteiger partial charge in [-0.3, -0.25) is 19.9 Å². The van der Waals surface area contributed by atoms with Gasteiger partial charge >= 0.3 is 6.03 Å². The maximum absolute atomic E-state index is 13.0. The zero-order valence-corrected chi connectivity index (χ0v) is 16.8. The molecule has 0 radical (unpaired) electrons. The number of amides is 4. The maximum atomic E-state index is 13.0. The van der Waals surface area contributed by atoms with E-state index in [-0.39, 0.29) is 5.69 Å². The number of rotatable bonds is 7. The van der Waals surface area contributed by atoms with Gasteiger partial charge in [0.15, 0.2) is 5.92 Å². The lowest BCUT2D eigenvalue weighted by Crippen LogP contribution is -3.13. The molecular weight excluding hydrogens is 376 g/mol. The number of hydrogen-bond donors (Lipinski definition) is 2. The number of likely N-dealkylation sites (tertiary alicyclic amines) is 1. The molecule has 2 aliphatic heterocycles. The van der Waals surface area contributed by atoms with Crippen molar-refractivity contribution in [1.82, 2.24) is 5.32 Å². The van der Waals surface area contributed by atoms with E-state index in [4.69, 9.17) is 9.47 Å². The molecule has 4 amide bonds. The van der Waals surface area contributed by atoms with Crippen molar-refractivity contribution in [3.8, 4) is 11.5 Å². The molecule has 0 aromatic heterocycles. The first-order valence-electron chi connectivity index (χ1n) is 9.79. The van der Waals surface area contributed by atoms with E-state index >= 15 is 0 Å². The third kappa shape index (κ3) is 4.73. The van der Waals surface area contributed by atoms with Crippen LogP contribution in [0.4, 0.5) is 10.5 Å². The summed E-state index contributed by atoms with van der Waals surface area (Å²) in [7, 11) is 2.91. The minimum absolute atomic E-state index is 0.206. The van der Waals surface area contributed by atoms with E-state index in [1.807, 2.05) is 0 Å². The molecule has 3 rings (SSSR count). The number of methoxy groups -OCH3 is 2. The summed E-state index contributed by atoms with van der Waals surface area (Å²) in [4.78, 5) is 44.3. The largest absolute Gasteiger partial charge is 0.497 e. The zero-order valence-electron chi connectivity index (χ0n) is 16.8. The van der Waals surface area contributed by atoms with Gasteiger partial charge in [-0.25, -0.2) is 9.69 Å². The monoisotopic (exact) mass is 403 g/mol. The van der Waals surface area contributed by atoms with Gasteiger partial charge in [0.1, 0.15) is 11.5 Å². The summed E-state index contributed by atoms with van der Waals surface area (Å²) < 4.78 is 10.5. The number of ether oxygens (including phenoxy) is 2. The molecule has 2 saturated heterocycles. The van der Waals surface area contributed by atoms with Crippen LogP contribution in [-0.2, 0) is 9.59 Å². The molecular formula is C20H27N4O5+. The second kappa shape index (κ2) is 9.51. The Bertz CT molecular complexity index is 804. The lowest BCUT2D eigenvalue weighted by molar-refractivity contribution is -0.903. The molecule has 2 heterocycles. The van der Waals surface area contributed by atoms with Crippen molar-refractivity contribution >= 4 is 29.7 Å². The van der Waals surface area contributed by atoms with Crippen molar-refractivity contribution in [1.29, 1.82) is 0 Å². The van der Waals surface area contributed by atoms with Gasteiger partial charge in [0.2, 0.25) is 5.91 Å². The van der Waals surface area contributed by atoms with Gasteiger partial charge in [0, 0.05) is 12.3 Å². The van der Waals surface area contributed by atoms with Crippen LogP contribution in [0.25, 0.3) is 0 Å². The molecule has 156 valence electrons. The maximum Gasteiger partial charge on any atom is 0.335 e. The van der Waals surface area contributed by atoms with Crippen molar-refractivity contribution in [2.24, 2.45) is 10.9 Å². The SMILES string of the molecule is COc1ccc(OC)c(N2C(=O)NC(=O)[C@H](C=NCC[NH+]3CCCCC3)C2=O)c1. The van der Waals surface area contributed by atoms with Crippen LogP contribution in [0.5, 0.6) is 11.5 Å². The number of imide groups is 2. The van der Waals surface area contributed by atoms with Gasteiger partial charge in [-0.15, -0.1) is 0 Å². The fraction of sp³-hybridized carbons (Fsp3) is 0.500. The lowest BCUT2D eigenvalue weighted by atomic mass is 10.1. The molecule has 0 bridgehead atoms. The molecule has 1 aromatic rings. The first-order valence-corrected chi connectivity index (χ1v) is 9.79. The summed E-state index contributed by atoms with van der Waals surface area (Å²) >= 11 is 0. The highest BCUT2D eigenvalue weighted by molar-refractivity contribution is 6.33. The van der Waals surface area contributed by atoms with Crippen molar-refractivity contribution < 1.29 is 28.8 Å². The van der Waals surface area contributed by atoms with Crippen LogP contribution in [0.1, 0.15) is 19.3 Å². The Hall–Kier alpha value is -2.94. The predicted molar refractivity (Wildman–Crippen MR) is 107 cm³/mol. The molecule has 29 heavy (non-hydrogen) atoms. The van der Waals surface area contributed by atoms with Crippen LogP contribution >= 0.6 is 0 Å². The highest BCUT2D eigenvalue weighted by Crippen LogP contribution is 2.34. The predicted octanol–water partition coefficient (Wildman–Crippen LogP) is 0.0424. The number of piperidine rings is 1. The Morgan fingerprint density at radius 2 is 1.93 bits per heavy atom. The summed E-state index contributed by atoms with van der Waals surface area (Å²) in [5, 5.41) is 2.22. The molecule has 0 spiro atoms. The van der Waals surface area contributed by atoms with Gasteiger partial charge < -0.3 is 14.4 Å². The Morgan fingerprint density at radius 3 is 2.62 bits per heavy atom. The number of barbiturate groups is 1. The summed E-state index contributed by atoms with van der Waals surface area (Å²) in [5.41, 5.74) is 0.206. The van der Waals surface area contributed by atoms with E-state index < -0.39 is 23.8 Å². The normalized spacial score (nSPS) is 20.8. The molecule has 0 unspecified atom stereocenters. The average molecular weight is 403 g/mol. The minimum Gasteiger partial charge on any atom is -0.497 e. The summed E-state index contributed by atoms with van der Waals surface area (Å²) in [6, 6.07) is 3.94. The van der Waals surface area contributed by atoms with Crippen molar-refractivity contribution in [3.63, 3.8) is 0 Å². The molecule has 2 N–H and O–H groups in total. The topological polar surface area (TPSA) is 102 Å². The molecule has 2 aliphatic rings. The third-order valence-electron chi connectivity index (χ3n) is 5.24. The first kappa shape index (κ1) is 20.8. The van der Waals surface area contributed by atoms with Gasteiger partial charge in [-0.2, -0.15) is 0 Å². The van der Waals surface area contributed by atoms with Gasteiger partial charge in [0.05, 0.1) is 46.1 Å². The number of nitrogens with zero attached hydrogens (tertiary/aromatic N) is 2. The molecule has 0 saturated carbocycles. The van der Waals surface area contributed by atoms with E-state index in [0.29, 0.717) is 18.0 Å². The van der Waals surface area contributed by atoms with Crippen LogP contribution in [0, 0.1) is 5.92 Å². The number of quaternary nitrogens is 1. The fourth-order valence-corrected chi connectivity index (χ4v) is 3.63. The lowest BCUT2D eigenvalue weighted by Gasteiger charge is -2.29. The fourth-order valence-electron chi connectivity index (χ4n) is 3.63. The van der Waals surface area contributed by atoms with E-state index in [2.05, 4.69) is 10.3 Å². The number of nitrogens with one attached hydrogen (secondary N) is 2. The first-order chi connectivity index (χ1) is 14.0. The van der Waals surface area contributed by atoms with Crippen molar-refractivity contribution in [2.75, 3.05) is 45.3 Å². The quantitative estimate of drug-likeness (QED) is 0.495. The molecule has 1 atom stereocenters. The molecule has 1 aromatic carbocycles. The van der Waals surface area contributed by atoms with Crippen LogP contribution in [0.15, 0.2) is 23.2 Å². The Kier molecular flexibility index (Phi) is 6.82. The van der Waals surface area contributed by atoms with Gasteiger partial charge in [-0.05, 0) is 31.4 Å². The van der Waals surface area contributed by atoms with E-state index in [9.17, 15) is 14.4 Å². The number of aliphatic imine (C=N–C) groups is 1. The van der Waals surface area contributed by atoms with Crippen molar-refractivity contribution in [2.45, 2.75) is 19.3 Å². The second-order valence-corrected chi connectivity index (χ2v) is 7.10. The summed E-state index contributed by atoms with van der Waals surface area (Å²) in [6.07, 6.45) is 5.07. The number of benzene rings is 1. The average Bonchev–Trinajstić information content (AvgIpc) is 2.73. The summed E-state index contributed by atoms with van der Waals surface area (Å²) in [6.45, 7) is 3.67. The number of hydrogen-bond acceptors (Lipinski definition) is 6. The van der Waals surface area contributed by atoms with E-state index in [1.54, 1.807) is 12.1 Å². The second-order valence-electron chi connectivity index (χ2n) is 7.10. The molecule has 9 heteroatoms. The Morgan fingerprint density at radius 1 is 1.17 bits per heavy atom. The highest BCUT2D eigenvalue weighted by Gasteiger charge is 2.41. The van der Waals surface area contributed by atoms with E-state index in [1.165, 1.54) is 50.7 Å². The zero-order chi connectivity index (χ0) is 20.8. The van der Waals surface area contributed by atoms with Gasteiger partial charge in [0.25, 0.3) is 5.91 Å². The Balaban J connectivity index is 1.75. The molecule has 0 aliphatic carbocycles. The number of carbonyl (C=O) groups is 3. The molecule has 2 fully saturated rings. The van der Waals surface area contributed by atoms with E-state index in [0.717, 1.165) is 24.5 Å². The number of carbonyl (C=O) groups excluding carboxylic acids is 3. The van der Waals surface area contributed by atoms with Crippen LogP contribution in [0.2, 0.25) is 0 Å². The standard InChI is InChI=1S/C20H26N4O5/c1-28-14-6-7-17(29-2)16(12-14)24-19(26)15(18(25)22-20(24)27)13-21-8-11-23-9-4-3-5-10-23/h6-7,12-13,15H,3-5,8-11H2,1-2H3,(H,22,25,27)/p+1/t15-/m0/s1. The molecule has 9 nitrogen and oxygen atoms in total. The Labute approximate surface area is 169 Å². The smallest absolute Gasteiger partial charge is 0.335 e.